The first-order valence-corrected chi connectivity index (χ1v) is 54.7. The van der Waals surface area contributed by atoms with Gasteiger partial charge in [-0.15, -0.1) is 0 Å². The molecule has 46 nitrogen and oxygen atoms in total. The van der Waals surface area contributed by atoms with Crippen molar-refractivity contribution >= 4 is 120 Å². The summed E-state index contributed by atoms with van der Waals surface area (Å²) < 4.78 is 148. The average molecular weight is 1950 g/mol. The minimum absolute atomic E-state index is 0.0456. The van der Waals surface area contributed by atoms with Crippen LogP contribution in [0, 0.1) is 53.6 Å². The van der Waals surface area contributed by atoms with E-state index in [1.807, 2.05) is 6.92 Å². The van der Waals surface area contributed by atoms with Crippen molar-refractivity contribution in [2.45, 2.75) is 153 Å². The molecule has 4 saturated heterocycles. The quantitative estimate of drug-likeness (QED) is 0.00507. The molecule has 4 aliphatic heterocycles. The number of aromatic nitrogens is 10. The summed E-state index contributed by atoms with van der Waals surface area (Å²) in [6, 6.07) is 0. The van der Waals surface area contributed by atoms with Gasteiger partial charge in [0.1, 0.15) is 0 Å². The van der Waals surface area contributed by atoms with Crippen LogP contribution in [0.4, 0.5) is 5.95 Å². The van der Waals surface area contributed by atoms with Gasteiger partial charge in [-0.3, -0.25) is 0 Å². The topological polar surface area (TPSA) is 469 Å². The second-order valence-electron chi connectivity index (χ2n) is 28.4. The number of aryl methyl sites for hydroxylation is 3. The SMILES string of the molecule is [C-]#[N+]CCO[PH](S)(OC[C@H]1O[C@@H](n2cnc3c(=O)[nH]c(/N=C/N(C)C)nc32)CC1O[PH](S)(OCC[N+]#[C-])OC[C@H]1O[C@@H](n2cc(C)c(=O)[nH]c2=O)CC1O[PH](S)(OCC[N+]#[C-])OC[C@H]1O[C@@H](n2cc(C)c(=O)[nH]c2=O)[C@@H](OC)C1O[PH](S)(OCC[N+]#[C-])OC[C@H]1O[C@@H](n2cc(C)c(=O)[nH]c2=O)[C@@H](OC)C1O[PH](OCCCOCC)(OCC[N+]#[C-])SC)OC(C)C. The Morgan fingerprint density at radius 1 is 0.536 bits per heavy atom. The second kappa shape index (κ2) is 48.5. The molecular formula is C69H106N17O29P5S5. The molecule has 4 aliphatic rings. The van der Waals surface area contributed by atoms with Crippen LogP contribution in [0.15, 0.2) is 63.5 Å². The molecule has 0 aromatic carbocycles. The van der Waals surface area contributed by atoms with Gasteiger partial charge in [-0.05, 0) is 0 Å². The summed E-state index contributed by atoms with van der Waals surface area (Å²) in [6.07, 6.45) is -10.7. The van der Waals surface area contributed by atoms with E-state index in [9.17, 15) is 33.6 Å². The zero-order valence-electron chi connectivity index (χ0n) is 70.0. The molecule has 4 unspecified atom stereocenters. The molecule has 56 heteroatoms. The molecule has 14 atom stereocenters. The van der Waals surface area contributed by atoms with E-state index in [1.165, 1.54) is 70.8 Å². The molecular weight excluding hydrogens is 1850 g/mol. The molecule has 0 spiro atoms. The Bertz CT molecular complexity index is 5130. The minimum atomic E-state index is -4.79. The van der Waals surface area contributed by atoms with Gasteiger partial charge in [0.2, 0.25) is 0 Å². The predicted molar refractivity (Wildman–Crippen MR) is 479 cm³/mol. The molecule has 5 aromatic heterocycles. The Labute approximate surface area is 745 Å². The van der Waals surface area contributed by atoms with Gasteiger partial charge in [-0.25, -0.2) is 0 Å². The number of nitrogens with zero attached hydrogens (tertiary/aromatic N) is 13. The normalized spacial score (nSPS) is 23.7. The van der Waals surface area contributed by atoms with E-state index in [1.54, 1.807) is 39.1 Å². The first kappa shape index (κ1) is 103. The van der Waals surface area contributed by atoms with Crippen LogP contribution < -0.4 is 39.3 Å². The summed E-state index contributed by atoms with van der Waals surface area (Å²) in [5.41, 5.74) is -5.12. The van der Waals surface area contributed by atoms with E-state index in [0.29, 0.717) is 19.6 Å². The number of aliphatic imine (C=N–C) groups is 1. The monoisotopic (exact) mass is 1950 g/mol. The third kappa shape index (κ3) is 28.2. The summed E-state index contributed by atoms with van der Waals surface area (Å²) in [5, 5.41) is 0. The van der Waals surface area contributed by atoms with Crippen LogP contribution in [0.3, 0.4) is 0 Å². The Kier molecular flexibility index (Phi) is 40.0. The molecule has 4 N–H and O–H groups in total. The van der Waals surface area contributed by atoms with Gasteiger partial charge >= 0.3 is 750 Å². The van der Waals surface area contributed by atoms with Crippen molar-refractivity contribution in [2.24, 2.45) is 4.99 Å². The van der Waals surface area contributed by atoms with Gasteiger partial charge in [-0.2, -0.15) is 0 Å². The van der Waals surface area contributed by atoms with Crippen LogP contribution in [-0.4, -0.2) is 273 Å². The fourth-order valence-electron chi connectivity index (χ4n) is 13.0. The molecule has 0 bridgehead atoms. The molecule has 0 radical (unpaired) electrons. The zero-order chi connectivity index (χ0) is 91.0. The standard InChI is InChI=1S/C69H106N17O29P5S5/c1-17-96-24-18-25-101-120(125-16,102-30-23-74-11)115-56-51(110-65(58(56)95-15)85-35-45(6)62(89)81-69(85)93)39-106-119(124,100-29-22-73-10)114-55-50(109-64(57(55)94-14)84-34-44(5)61(88)80-68(84)92)38-105-118(123,99-28-21-72-9)112-46-31-52(83-33-43(4)60(87)79-67(83)91)107-48(46)37-104-117(122,98-27-20-71-8)113-47-32-53(108-49(47)36-103-116(121,111-42(2)3)97-26-19-70-7)86-41-75-54-59(86)77-66(78-63(54)90)76-40-82(12)13/h33-35,40-42,46-53,55-58,64-65,116-124H,17-32,36-39H2,1-6,12-16H3,(H,77,78,90)(H,79,87,91)(H,80,88,92)(H,81,89,93)/b76-40+/t46?,47?,48-,49-,50-,51-,52-,53-,55?,56?,57+,58+,64-,65-/m1/s1. The van der Waals surface area contributed by atoms with E-state index in [0.717, 1.165) is 25.1 Å². The van der Waals surface area contributed by atoms with Crippen LogP contribution >= 0.6 is 96.1 Å². The number of hydrogen-bond acceptors (Lipinski definition) is 37. The third-order valence-corrected chi connectivity index (χ3v) is 34.8. The van der Waals surface area contributed by atoms with E-state index < -0.39 is 187 Å². The summed E-state index contributed by atoms with van der Waals surface area (Å²) in [6.45, 7) is 44.3. The van der Waals surface area contributed by atoms with Gasteiger partial charge < -0.3 is 0 Å². The van der Waals surface area contributed by atoms with Crippen LogP contribution in [0.5, 0.6) is 0 Å². The Hall–Kier alpha value is -5.67. The number of thiol groups is 4. The maximum atomic E-state index is 14.1. The van der Waals surface area contributed by atoms with Gasteiger partial charge in [0.15, 0.2) is 0 Å². The van der Waals surface area contributed by atoms with E-state index in [-0.39, 0.29) is 126 Å². The van der Waals surface area contributed by atoms with Crippen molar-refractivity contribution in [1.82, 2.24) is 53.1 Å². The average Bonchev–Trinajstić information content (AvgIpc) is 1.63. The van der Waals surface area contributed by atoms with Crippen LogP contribution in [0.2, 0.25) is 0 Å². The number of hydrogen-bond donors (Lipinski definition) is 8. The Morgan fingerprint density at radius 3 is 1.38 bits per heavy atom. The second-order valence-corrected chi connectivity index (χ2v) is 47.3. The van der Waals surface area contributed by atoms with Crippen molar-refractivity contribution in [1.29, 1.82) is 0 Å². The van der Waals surface area contributed by atoms with Crippen molar-refractivity contribution in [3.8, 4) is 0 Å². The number of aromatic amines is 4. The molecule has 0 saturated carbocycles. The number of fused-ring (bicyclic) bond motifs is 1. The fraction of sp³-hybridized carbons (Fsp3) is 0.667. The van der Waals surface area contributed by atoms with Crippen LogP contribution in [0.1, 0.15) is 81.6 Å². The number of ether oxygens (including phenoxy) is 7. The van der Waals surface area contributed by atoms with Crippen molar-refractivity contribution < 1.29 is 101 Å². The molecule has 696 valence electrons. The first-order valence-electron chi connectivity index (χ1n) is 38.9. The third-order valence-electron chi connectivity index (χ3n) is 18.8. The number of nitrogens with one attached hydrogen (secondary N) is 4. The summed E-state index contributed by atoms with van der Waals surface area (Å²) in [4.78, 5) is 136. The zero-order valence-corrected chi connectivity index (χ0v) is 79.4. The summed E-state index contributed by atoms with van der Waals surface area (Å²) in [5.74, 6) is -0.0552. The molecule has 0 amide bonds. The number of methoxy groups -OCH3 is 2. The summed E-state index contributed by atoms with van der Waals surface area (Å²) in [7, 11) is -16.0. The molecule has 4 fully saturated rings. The van der Waals surface area contributed by atoms with Gasteiger partial charge in [-0.1, -0.05) is 0 Å². The molecule has 125 heavy (non-hydrogen) atoms. The van der Waals surface area contributed by atoms with Crippen molar-refractivity contribution in [3.05, 3.63) is 172 Å². The molecule has 5 aromatic rings. The number of imidazole rings is 1. The van der Waals surface area contributed by atoms with Crippen LogP contribution in [0.25, 0.3) is 35.4 Å². The molecule has 9 heterocycles. The van der Waals surface area contributed by atoms with Gasteiger partial charge in [0.05, 0.1) is 0 Å². The summed E-state index contributed by atoms with van der Waals surface area (Å²) >= 11 is 21.0. The van der Waals surface area contributed by atoms with Gasteiger partial charge in [0.25, 0.3) is 0 Å². The molecule has 9 rings (SSSR count). The van der Waals surface area contributed by atoms with E-state index in [2.05, 4.69) is 59.1 Å². The van der Waals surface area contributed by atoms with Crippen molar-refractivity contribution in [3.63, 3.8) is 0 Å². The predicted octanol–water partition coefficient (Wildman–Crippen LogP) is 6.60. The number of rotatable bonds is 52. The maximum absolute atomic E-state index is 14.1. The first-order chi connectivity index (χ1) is 59.7. The Morgan fingerprint density at radius 2 is 0.944 bits per heavy atom. The number of H-pyrrole nitrogens is 4. The Balaban J connectivity index is 1.07. The molecule has 0 aliphatic carbocycles. The fourth-order valence-corrected chi connectivity index (χ4v) is 26.8. The van der Waals surface area contributed by atoms with E-state index in [4.69, 9.17) is 183 Å². The van der Waals surface area contributed by atoms with E-state index >= 15 is 0 Å². The van der Waals surface area contributed by atoms with Crippen LogP contribution in [-0.2, 0) is 101 Å². The van der Waals surface area contributed by atoms with Crippen molar-refractivity contribution in [2.75, 3.05) is 147 Å². The van der Waals surface area contributed by atoms with Gasteiger partial charge in [0, 0.05) is 0 Å².